The van der Waals surface area contributed by atoms with Crippen molar-refractivity contribution in [2.24, 2.45) is 0 Å². The molecule has 28 heavy (non-hydrogen) atoms. The van der Waals surface area contributed by atoms with Crippen molar-refractivity contribution in [3.05, 3.63) is 59.1 Å². The minimum atomic E-state index is -3.65. The summed E-state index contributed by atoms with van der Waals surface area (Å²) in [6.07, 6.45) is 1.86. The number of amides is 1. The van der Waals surface area contributed by atoms with Gasteiger partial charge in [-0.1, -0.05) is 41.9 Å². The quantitative estimate of drug-likeness (QED) is 0.658. The molecule has 0 spiro atoms. The van der Waals surface area contributed by atoms with E-state index in [1.807, 2.05) is 30.3 Å². The van der Waals surface area contributed by atoms with E-state index < -0.39 is 10.0 Å². The minimum absolute atomic E-state index is 0.0224. The Morgan fingerprint density at radius 1 is 1.11 bits per heavy atom. The molecule has 1 N–H and O–H groups in total. The van der Waals surface area contributed by atoms with Gasteiger partial charge in [-0.15, -0.1) is 0 Å². The first-order valence-corrected chi connectivity index (χ1v) is 11.0. The summed E-state index contributed by atoms with van der Waals surface area (Å²) < 4.78 is 32.4. The molecule has 1 amide bonds. The summed E-state index contributed by atoms with van der Waals surface area (Å²) in [4.78, 5) is 12.2. The zero-order chi connectivity index (χ0) is 20.0. The number of halogens is 1. The van der Waals surface area contributed by atoms with Crippen molar-refractivity contribution >= 4 is 33.2 Å². The lowest BCUT2D eigenvalue weighted by atomic mass is 10.2. The summed E-state index contributed by atoms with van der Waals surface area (Å²) in [7, 11) is -3.65. The topological polar surface area (TPSA) is 75.7 Å². The molecule has 1 fully saturated rings. The molecule has 0 aromatic heterocycles. The van der Waals surface area contributed by atoms with E-state index in [2.05, 4.69) is 5.32 Å². The average Bonchev–Trinajstić information content (AvgIpc) is 3.23. The fourth-order valence-electron chi connectivity index (χ4n) is 3.00. The molecule has 1 saturated heterocycles. The number of carbonyl (C=O) groups excluding carboxylic acids is 1. The maximum Gasteiger partial charge on any atom is 0.244 e. The number of hydrogen-bond donors (Lipinski definition) is 1. The number of anilines is 1. The SMILES string of the molecule is O=C(CCOCc1ccccc1)Nc1ccc(Cl)c(S(=O)(=O)N2CCCC2)c1. The van der Waals surface area contributed by atoms with Gasteiger partial charge in [0.2, 0.25) is 15.9 Å². The molecule has 0 saturated carbocycles. The standard InChI is InChI=1S/C20H23ClN2O4S/c21-18-9-8-17(14-19(18)28(25,26)23-11-4-5-12-23)22-20(24)10-13-27-15-16-6-2-1-3-7-16/h1-3,6-9,14H,4-5,10-13,15H2,(H,22,24). The maximum absolute atomic E-state index is 12.7. The van der Waals surface area contributed by atoms with E-state index in [1.54, 1.807) is 6.07 Å². The second-order valence-corrected chi connectivity index (χ2v) is 8.91. The molecule has 0 aliphatic carbocycles. The molecule has 0 atom stereocenters. The monoisotopic (exact) mass is 422 g/mol. The largest absolute Gasteiger partial charge is 0.376 e. The van der Waals surface area contributed by atoms with Crippen molar-refractivity contribution in [3.8, 4) is 0 Å². The Hall–Kier alpha value is -1.93. The van der Waals surface area contributed by atoms with Crippen LogP contribution in [0.15, 0.2) is 53.4 Å². The molecule has 0 radical (unpaired) electrons. The van der Waals surface area contributed by atoms with E-state index in [4.69, 9.17) is 16.3 Å². The van der Waals surface area contributed by atoms with Crippen molar-refractivity contribution in [1.29, 1.82) is 0 Å². The van der Waals surface area contributed by atoms with Crippen molar-refractivity contribution in [2.75, 3.05) is 25.0 Å². The molecule has 3 rings (SSSR count). The lowest BCUT2D eigenvalue weighted by Crippen LogP contribution is -2.28. The summed E-state index contributed by atoms with van der Waals surface area (Å²) in [5.74, 6) is -0.250. The third-order valence-corrected chi connectivity index (χ3v) is 6.86. The highest BCUT2D eigenvalue weighted by atomic mass is 35.5. The Bertz CT molecular complexity index is 913. The van der Waals surface area contributed by atoms with E-state index in [1.165, 1.54) is 16.4 Å². The number of nitrogens with zero attached hydrogens (tertiary/aromatic N) is 1. The first kappa shape index (κ1) is 20.8. The van der Waals surface area contributed by atoms with Crippen LogP contribution in [0.5, 0.6) is 0 Å². The van der Waals surface area contributed by atoms with Gasteiger partial charge in [-0.3, -0.25) is 4.79 Å². The predicted octanol–water partition coefficient (Wildman–Crippen LogP) is 3.67. The maximum atomic E-state index is 12.7. The molecule has 1 aliphatic heterocycles. The second-order valence-electron chi connectivity index (χ2n) is 6.59. The van der Waals surface area contributed by atoms with Gasteiger partial charge in [-0.2, -0.15) is 4.31 Å². The highest BCUT2D eigenvalue weighted by molar-refractivity contribution is 7.89. The molecule has 0 unspecified atom stereocenters. The van der Waals surface area contributed by atoms with Crippen LogP contribution in [0, 0.1) is 0 Å². The van der Waals surface area contributed by atoms with Crippen LogP contribution >= 0.6 is 11.6 Å². The highest BCUT2D eigenvalue weighted by Gasteiger charge is 2.29. The van der Waals surface area contributed by atoms with Gasteiger partial charge < -0.3 is 10.1 Å². The fraction of sp³-hybridized carbons (Fsp3) is 0.350. The molecule has 2 aromatic carbocycles. The first-order valence-electron chi connectivity index (χ1n) is 9.18. The van der Waals surface area contributed by atoms with Gasteiger partial charge in [0, 0.05) is 18.8 Å². The van der Waals surface area contributed by atoms with Crippen LogP contribution in [0.3, 0.4) is 0 Å². The van der Waals surface area contributed by atoms with Crippen molar-refractivity contribution in [1.82, 2.24) is 4.31 Å². The molecule has 150 valence electrons. The van der Waals surface area contributed by atoms with Gasteiger partial charge in [-0.05, 0) is 36.6 Å². The van der Waals surface area contributed by atoms with Crippen molar-refractivity contribution in [3.63, 3.8) is 0 Å². The zero-order valence-electron chi connectivity index (χ0n) is 15.4. The Morgan fingerprint density at radius 2 is 1.82 bits per heavy atom. The molecule has 6 nitrogen and oxygen atoms in total. The summed E-state index contributed by atoms with van der Waals surface area (Å²) >= 11 is 6.12. The van der Waals surface area contributed by atoms with Gasteiger partial charge >= 0.3 is 0 Å². The summed E-state index contributed by atoms with van der Waals surface area (Å²) in [6.45, 7) is 1.70. The number of rotatable bonds is 8. The number of benzene rings is 2. The molecule has 1 heterocycles. The van der Waals surface area contributed by atoms with E-state index in [0.717, 1.165) is 18.4 Å². The molecule has 8 heteroatoms. The lowest BCUT2D eigenvalue weighted by molar-refractivity contribution is -0.117. The predicted molar refractivity (Wildman–Crippen MR) is 109 cm³/mol. The number of nitrogens with one attached hydrogen (secondary N) is 1. The first-order chi connectivity index (χ1) is 13.5. The summed E-state index contributed by atoms with van der Waals surface area (Å²) in [5, 5.41) is 2.86. The van der Waals surface area contributed by atoms with Gasteiger partial charge in [-0.25, -0.2) is 8.42 Å². The van der Waals surface area contributed by atoms with Gasteiger partial charge in [0.1, 0.15) is 4.90 Å². The number of carbonyl (C=O) groups is 1. The molecule has 1 aliphatic rings. The van der Waals surface area contributed by atoms with Crippen LogP contribution in [-0.2, 0) is 26.2 Å². The summed E-state index contributed by atoms with van der Waals surface area (Å²) in [6, 6.07) is 14.2. The van der Waals surface area contributed by atoms with E-state index in [0.29, 0.717) is 25.4 Å². The van der Waals surface area contributed by atoms with Crippen LogP contribution in [0.2, 0.25) is 5.02 Å². The zero-order valence-corrected chi connectivity index (χ0v) is 17.0. The molecular weight excluding hydrogens is 400 g/mol. The van der Waals surface area contributed by atoms with Gasteiger partial charge in [0.15, 0.2) is 0 Å². The summed E-state index contributed by atoms with van der Waals surface area (Å²) in [5.41, 5.74) is 1.44. The van der Waals surface area contributed by atoms with E-state index in [-0.39, 0.29) is 28.9 Å². The highest BCUT2D eigenvalue weighted by Crippen LogP contribution is 2.29. The van der Waals surface area contributed by atoms with Crippen LogP contribution in [-0.4, -0.2) is 38.3 Å². The Kier molecular flexibility index (Phi) is 7.07. The van der Waals surface area contributed by atoms with E-state index in [9.17, 15) is 13.2 Å². The third kappa shape index (κ3) is 5.32. The Morgan fingerprint density at radius 3 is 2.54 bits per heavy atom. The van der Waals surface area contributed by atoms with Crippen LogP contribution in [0.4, 0.5) is 5.69 Å². The van der Waals surface area contributed by atoms with Crippen LogP contribution in [0.1, 0.15) is 24.8 Å². The molecule has 2 aromatic rings. The number of ether oxygens (including phenoxy) is 1. The Labute approximate surface area is 170 Å². The van der Waals surface area contributed by atoms with Crippen LogP contribution in [0.25, 0.3) is 0 Å². The second kappa shape index (κ2) is 9.52. The molecular formula is C20H23ClN2O4S. The minimum Gasteiger partial charge on any atom is -0.376 e. The average molecular weight is 423 g/mol. The third-order valence-electron chi connectivity index (χ3n) is 4.48. The Balaban J connectivity index is 1.56. The van der Waals surface area contributed by atoms with Gasteiger partial charge in [0.25, 0.3) is 0 Å². The smallest absolute Gasteiger partial charge is 0.244 e. The van der Waals surface area contributed by atoms with Crippen molar-refractivity contribution < 1.29 is 17.9 Å². The van der Waals surface area contributed by atoms with E-state index >= 15 is 0 Å². The number of sulfonamides is 1. The van der Waals surface area contributed by atoms with Gasteiger partial charge in [0.05, 0.1) is 24.7 Å². The fourth-order valence-corrected chi connectivity index (χ4v) is 5.02. The molecule has 0 bridgehead atoms. The normalized spacial score (nSPS) is 14.9. The van der Waals surface area contributed by atoms with Crippen molar-refractivity contribution in [2.45, 2.75) is 30.8 Å². The lowest BCUT2D eigenvalue weighted by Gasteiger charge is -2.17. The van der Waals surface area contributed by atoms with Crippen LogP contribution < -0.4 is 5.32 Å². The number of hydrogen-bond acceptors (Lipinski definition) is 4.